The molecule has 110 valence electrons. The Bertz CT molecular complexity index is 321. The van der Waals surface area contributed by atoms with Crippen LogP contribution in [-0.2, 0) is 14.3 Å². The summed E-state index contributed by atoms with van der Waals surface area (Å²) in [4.78, 5) is 22.2. The zero-order chi connectivity index (χ0) is 14.9. The Hall–Kier alpha value is -1.56. The molecular weight excluding hydrogens is 248 g/mol. The molecule has 6 heteroatoms. The monoisotopic (exact) mass is 272 g/mol. The molecule has 0 fully saturated rings. The summed E-state index contributed by atoms with van der Waals surface area (Å²) in [5.41, 5.74) is -0.496. The molecule has 1 amide bonds. The van der Waals surface area contributed by atoms with Gasteiger partial charge < -0.3 is 20.1 Å². The lowest BCUT2D eigenvalue weighted by Crippen LogP contribution is -2.41. The van der Waals surface area contributed by atoms with Gasteiger partial charge in [-0.2, -0.15) is 0 Å². The maximum atomic E-state index is 11.4. The fourth-order valence-corrected chi connectivity index (χ4v) is 1.12. The van der Waals surface area contributed by atoms with E-state index in [2.05, 4.69) is 15.4 Å². The van der Waals surface area contributed by atoms with E-state index in [1.165, 1.54) is 13.2 Å². The summed E-state index contributed by atoms with van der Waals surface area (Å²) in [5.74, 6) is -0.388. The molecule has 0 saturated carbocycles. The fourth-order valence-electron chi connectivity index (χ4n) is 1.12. The Morgan fingerprint density at radius 2 is 1.95 bits per heavy atom. The number of ether oxygens (including phenoxy) is 2. The summed E-state index contributed by atoms with van der Waals surface area (Å²) in [7, 11) is 1.33. The predicted molar refractivity (Wildman–Crippen MR) is 72.9 cm³/mol. The van der Waals surface area contributed by atoms with Gasteiger partial charge >= 0.3 is 12.1 Å². The second kappa shape index (κ2) is 8.53. The smallest absolute Gasteiger partial charge is 0.407 e. The first-order chi connectivity index (χ1) is 8.74. The Labute approximate surface area is 114 Å². The Morgan fingerprint density at radius 1 is 1.32 bits per heavy atom. The number of amides is 1. The van der Waals surface area contributed by atoms with Crippen LogP contribution in [0, 0.1) is 0 Å². The Morgan fingerprint density at radius 3 is 2.47 bits per heavy atom. The summed E-state index contributed by atoms with van der Waals surface area (Å²) in [5, 5.41) is 5.78. The van der Waals surface area contributed by atoms with E-state index in [1.54, 1.807) is 6.08 Å². The third kappa shape index (κ3) is 11.3. The molecule has 2 N–H and O–H groups in total. The van der Waals surface area contributed by atoms with E-state index < -0.39 is 11.7 Å². The number of hydrogen-bond donors (Lipinski definition) is 2. The molecule has 0 aliphatic heterocycles. The molecule has 1 unspecified atom stereocenters. The van der Waals surface area contributed by atoms with Crippen LogP contribution in [0.1, 0.15) is 27.7 Å². The lowest BCUT2D eigenvalue weighted by Gasteiger charge is -2.21. The summed E-state index contributed by atoms with van der Waals surface area (Å²) >= 11 is 0. The highest BCUT2D eigenvalue weighted by atomic mass is 16.6. The van der Waals surface area contributed by atoms with Crippen LogP contribution in [0.5, 0.6) is 0 Å². The first kappa shape index (κ1) is 17.4. The number of hydrogen-bond acceptors (Lipinski definition) is 5. The van der Waals surface area contributed by atoms with Crippen LogP contribution < -0.4 is 10.6 Å². The van der Waals surface area contributed by atoms with Crippen LogP contribution in [0.3, 0.4) is 0 Å². The summed E-state index contributed by atoms with van der Waals surface area (Å²) < 4.78 is 9.56. The van der Waals surface area contributed by atoms with E-state index in [1.807, 2.05) is 27.7 Å². The van der Waals surface area contributed by atoms with Crippen molar-refractivity contribution in [3.05, 3.63) is 12.2 Å². The molecule has 1 atom stereocenters. The van der Waals surface area contributed by atoms with Crippen LogP contribution in [0.4, 0.5) is 4.79 Å². The van der Waals surface area contributed by atoms with Crippen molar-refractivity contribution in [1.82, 2.24) is 10.6 Å². The Kier molecular flexibility index (Phi) is 7.83. The van der Waals surface area contributed by atoms with Gasteiger partial charge in [0.2, 0.25) is 0 Å². The van der Waals surface area contributed by atoms with Crippen molar-refractivity contribution in [3.63, 3.8) is 0 Å². The largest absolute Gasteiger partial charge is 0.466 e. The van der Waals surface area contributed by atoms with Crippen molar-refractivity contribution in [2.24, 2.45) is 0 Å². The topological polar surface area (TPSA) is 76.7 Å². The van der Waals surface area contributed by atoms with Crippen LogP contribution in [0.2, 0.25) is 0 Å². The van der Waals surface area contributed by atoms with Crippen molar-refractivity contribution in [2.45, 2.75) is 39.3 Å². The number of carbonyl (C=O) groups is 2. The van der Waals surface area contributed by atoms with Crippen LogP contribution >= 0.6 is 0 Å². The van der Waals surface area contributed by atoms with E-state index in [0.29, 0.717) is 13.1 Å². The van der Waals surface area contributed by atoms with Gasteiger partial charge in [0.05, 0.1) is 7.11 Å². The second-order valence-corrected chi connectivity index (χ2v) is 5.12. The van der Waals surface area contributed by atoms with Gasteiger partial charge in [-0.15, -0.1) is 0 Å². The molecule has 0 radical (unpaired) electrons. The number of esters is 1. The number of carbonyl (C=O) groups excluding carboxylic acids is 2. The van der Waals surface area contributed by atoms with E-state index in [4.69, 9.17) is 4.74 Å². The molecule has 0 saturated heterocycles. The van der Waals surface area contributed by atoms with Gasteiger partial charge in [-0.1, -0.05) is 6.08 Å². The standard InChI is InChI=1S/C13H24N2O4/c1-10(14-8-6-7-11(16)18-5)9-15-12(17)19-13(2,3)4/h6-7,10,14H,8-9H2,1-5H3,(H,15,17)/b7-6+. The van der Waals surface area contributed by atoms with Crippen molar-refractivity contribution >= 4 is 12.1 Å². The SMILES string of the molecule is COC(=O)/C=C/CNC(C)CNC(=O)OC(C)(C)C. The molecule has 0 aliphatic carbocycles. The van der Waals surface area contributed by atoms with Gasteiger partial charge in [0, 0.05) is 25.2 Å². The molecule has 6 nitrogen and oxygen atoms in total. The lowest BCUT2D eigenvalue weighted by molar-refractivity contribution is -0.134. The van der Waals surface area contributed by atoms with E-state index in [-0.39, 0.29) is 12.0 Å². The van der Waals surface area contributed by atoms with Gasteiger partial charge in [-0.3, -0.25) is 0 Å². The van der Waals surface area contributed by atoms with Crippen molar-refractivity contribution in [2.75, 3.05) is 20.2 Å². The fraction of sp³-hybridized carbons (Fsp3) is 0.692. The van der Waals surface area contributed by atoms with Gasteiger partial charge in [0.1, 0.15) is 5.60 Å². The third-order valence-electron chi connectivity index (χ3n) is 1.99. The normalized spacial score (nSPS) is 13.1. The molecule has 0 heterocycles. The molecule has 0 aromatic rings. The zero-order valence-corrected chi connectivity index (χ0v) is 12.3. The van der Waals surface area contributed by atoms with Crippen LogP contribution in [0.25, 0.3) is 0 Å². The minimum absolute atomic E-state index is 0.0646. The number of methoxy groups -OCH3 is 1. The molecule has 0 bridgehead atoms. The lowest BCUT2D eigenvalue weighted by atomic mass is 10.2. The molecule has 0 aliphatic rings. The summed E-state index contributed by atoms with van der Waals surface area (Å²) in [6.45, 7) is 8.32. The van der Waals surface area contributed by atoms with Crippen molar-refractivity contribution in [3.8, 4) is 0 Å². The number of alkyl carbamates (subject to hydrolysis) is 1. The predicted octanol–water partition coefficient (Wildman–Crippen LogP) is 1.22. The van der Waals surface area contributed by atoms with Gasteiger partial charge in [0.25, 0.3) is 0 Å². The van der Waals surface area contributed by atoms with Crippen LogP contribution in [0.15, 0.2) is 12.2 Å². The maximum Gasteiger partial charge on any atom is 0.407 e. The first-order valence-electron chi connectivity index (χ1n) is 6.19. The molecule has 0 aromatic heterocycles. The highest BCUT2D eigenvalue weighted by Gasteiger charge is 2.16. The molecule has 0 rings (SSSR count). The minimum Gasteiger partial charge on any atom is -0.466 e. The number of rotatable bonds is 6. The Balaban J connectivity index is 3.76. The number of nitrogens with one attached hydrogen (secondary N) is 2. The van der Waals surface area contributed by atoms with Crippen molar-refractivity contribution in [1.29, 1.82) is 0 Å². The molecule has 0 aromatic carbocycles. The van der Waals surface area contributed by atoms with E-state index >= 15 is 0 Å². The molecule has 0 spiro atoms. The highest BCUT2D eigenvalue weighted by Crippen LogP contribution is 2.06. The second-order valence-electron chi connectivity index (χ2n) is 5.12. The zero-order valence-electron chi connectivity index (χ0n) is 12.3. The average Bonchev–Trinajstić information content (AvgIpc) is 2.29. The maximum absolute atomic E-state index is 11.4. The highest BCUT2D eigenvalue weighted by molar-refractivity contribution is 5.81. The van der Waals surface area contributed by atoms with Crippen LogP contribution in [-0.4, -0.2) is 43.9 Å². The summed E-state index contributed by atoms with van der Waals surface area (Å²) in [6, 6.07) is 0.0646. The van der Waals surface area contributed by atoms with Gasteiger partial charge in [0.15, 0.2) is 0 Å². The minimum atomic E-state index is -0.496. The first-order valence-corrected chi connectivity index (χ1v) is 6.19. The average molecular weight is 272 g/mol. The quantitative estimate of drug-likeness (QED) is 0.561. The van der Waals surface area contributed by atoms with Crippen molar-refractivity contribution < 1.29 is 19.1 Å². The van der Waals surface area contributed by atoms with E-state index in [9.17, 15) is 9.59 Å². The summed E-state index contributed by atoms with van der Waals surface area (Å²) in [6.07, 6.45) is 2.57. The molecular formula is C13H24N2O4. The van der Waals surface area contributed by atoms with Gasteiger partial charge in [-0.25, -0.2) is 9.59 Å². The third-order valence-corrected chi connectivity index (χ3v) is 1.99. The van der Waals surface area contributed by atoms with Gasteiger partial charge in [-0.05, 0) is 27.7 Å². The molecule has 19 heavy (non-hydrogen) atoms. The van der Waals surface area contributed by atoms with E-state index in [0.717, 1.165) is 0 Å².